The fourth-order valence-electron chi connectivity index (χ4n) is 4.34. The Morgan fingerprint density at radius 3 is 1.10 bits per heavy atom. The van der Waals surface area contributed by atoms with Crippen LogP contribution in [0.4, 0.5) is 0 Å². The van der Waals surface area contributed by atoms with Crippen LogP contribution in [-0.2, 0) is 0 Å². The van der Waals surface area contributed by atoms with Crippen LogP contribution in [-0.4, -0.2) is 17.9 Å². The molecule has 0 radical (unpaired) electrons. The van der Waals surface area contributed by atoms with Crippen molar-refractivity contribution in [3.05, 3.63) is 0 Å². The van der Waals surface area contributed by atoms with Gasteiger partial charge in [-0.2, -0.15) is 0 Å². The van der Waals surface area contributed by atoms with Crippen LogP contribution in [0.1, 0.15) is 168 Å². The standard InChI is InChI=1S/C28H59NO/c1-3-5-7-9-11-13-15-17-19-21-23-25-27-29-28(30)26-24-22-20-18-16-14-12-10-8-6-4-2/h28-30H,3-27H2,1-2H3. The number of aliphatic hydroxyl groups excluding tert-OH is 1. The zero-order valence-corrected chi connectivity index (χ0v) is 21.2. The van der Waals surface area contributed by atoms with E-state index in [-0.39, 0.29) is 6.23 Å². The number of aliphatic hydroxyl groups is 1. The third-order valence-corrected chi connectivity index (χ3v) is 6.49. The molecule has 0 fully saturated rings. The van der Waals surface area contributed by atoms with Gasteiger partial charge < -0.3 is 5.11 Å². The molecule has 0 amide bonds. The number of unbranched alkanes of at least 4 members (excludes halogenated alkanes) is 21. The van der Waals surface area contributed by atoms with Gasteiger partial charge in [0.25, 0.3) is 0 Å². The van der Waals surface area contributed by atoms with Crippen molar-refractivity contribution < 1.29 is 5.11 Å². The van der Waals surface area contributed by atoms with Crippen LogP contribution in [0.3, 0.4) is 0 Å². The fraction of sp³-hybridized carbons (Fsp3) is 1.00. The van der Waals surface area contributed by atoms with Crippen molar-refractivity contribution in [3.63, 3.8) is 0 Å². The molecule has 1 atom stereocenters. The highest BCUT2D eigenvalue weighted by Gasteiger charge is 2.02. The molecule has 2 nitrogen and oxygen atoms in total. The van der Waals surface area contributed by atoms with E-state index in [0.29, 0.717) is 0 Å². The summed E-state index contributed by atoms with van der Waals surface area (Å²) < 4.78 is 0. The summed E-state index contributed by atoms with van der Waals surface area (Å²) in [5, 5.41) is 13.4. The summed E-state index contributed by atoms with van der Waals surface area (Å²) in [6, 6.07) is 0. The van der Waals surface area contributed by atoms with Crippen LogP contribution < -0.4 is 5.32 Å². The first kappa shape index (κ1) is 29.9. The quantitative estimate of drug-likeness (QED) is 0.107. The molecule has 0 aromatic rings. The Kier molecular flexibility index (Phi) is 26.9. The third-order valence-electron chi connectivity index (χ3n) is 6.49. The molecule has 0 aliphatic carbocycles. The summed E-state index contributed by atoms with van der Waals surface area (Å²) in [5.74, 6) is 0. The van der Waals surface area contributed by atoms with E-state index in [9.17, 15) is 5.11 Å². The average molecular weight is 426 g/mol. The first-order valence-corrected chi connectivity index (χ1v) is 14.2. The minimum atomic E-state index is -0.281. The lowest BCUT2D eigenvalue weighted by molar-refractivity contribution is 0.124. The molecule has 0 aliphatic rings. The molecule has 0 aromatic carbocycles. The van der Waals surface area contributed by atoms with Gasteiger partial charge in [0.1, 0.15) is 6.23 Å². The van der Waals surface area contributed by atoms with Crippen LogP contribution in [0, 0.1) is 0 Å². The molecule has 1 unspecified atom stereocenters. The molecule has 30 heavy (non-hydrogen) atoms. The number of nitrogens with one attached hydrogen (secondary N) is 1. The van der Waals surface area contributed by atoms with E-state index in [2.05, 4.69) is 19.2 Å². The second kappa shape index (κ2) is 27.0. The Morgan fingerprint density at radius 2 is 0.733 bits per heavy atom. The maximum atomic E-state index is 10.1. The lowest BCUT2D eigenvalue weighted by Gasteiger charge is -2.12. The molecule has 0 saturated carbocycles. The van der Waals surface area contributed by atoms with E-state index in [1.165, 1.54) is 148 Å². The minimum absolute atomic E-state index is 0.281. The van der Waals surface area contributed by atoms with Crippen molar-refractivity contribution in [2.45, 2.75) is 174 Å². The molecule has 0 spiro atoms. The van der Waals surface area contributed by atoms with Crippen molar-refractivity contribution in [1.82, 2.24) is 5.32 Å². The highest BCUT2D eigenvalue weighted by Crippen LogP contribution is 2.13. The predicted molar refractivity (Wildman–Crippen MR) is 136 cm³/mol. The Labute approximate surface area is 191 Å². The second-order valence-electron chi connectivity index (χ2n) is 9.68. The van der Waals surface area contributed by atoms with Crippen LogP contribution in [0.5, 0.6) is 0 Å². The molecule has 2 N–H and O–H groups in total. The first-order valence-electron chi connectivity index (χ1n) is 14.2. The maximum absolute atomic E-state index is 10.1. The molecule has 0 aliphatic heterocycles. The molecule has 0 saturated heterocycles. The van der Waals surface area contributed by atoms with Gasteiger partial charge in [0.05, 0.1) is 0 Å². The van der Waals surface area contributed by atoms with Crippen molar-refractivity contribution in [2.24, 2.45) is 0 Å². The Morgan fingerprint density at radius 1 is 0.433 bits per heavy atom. The third kappa shape index (κ3) is 26.0. The zero-order chi connectivity index (χ0) is 22.0. The van der Waals surface area contributed by atoms with E-state index in [4.69, 9.17) is 0 Å². The summed E-state index contributed by atoms with van der Waals surface area (Å²) in [6.07, 6.45) is 32.4. The molecule has 0 bridgehead atoms. The summed E-state index contributed by atoms with van der Waals surface area (Å²) in [4.78, 5) is 0. The van der Waals surface area contributed by atoms with Gasteiger partial charge in [-0.25, -0.2) is 0 Å². The van der Waals surface area contributed by atoms with Gasteiger partial charge in [0.2, 0.25) is 0 Å². The van der Waals surface area contributed by atoms with Gasteiger partial charge in [-0.3, -0.25) is 5.32 Å². The summed E-state index contributed by atoms with van der Waals surface area (Å²) in [6.45, 7) is 5.55. The zero-order valence-electron chi connectivity index (χ0n) is 21.2. The Bertz CT molecular complexity index is 294. The van der Waals surface area contributed by atoms with E-state index in [0.717, 1.165) is 13.0 Å². The highest BCUT2D eigenvalue weighted by molar-refractivity contribution is 4.56. The number of hydrogen-bond acceptors (Lipinski definition) is 2. The molecule has 0 rings (SSSR count). The first-order chi connectivity index (χ1) is 14.8. The lowest BCUT2D eigenvalue weighted by atomic mass is 10.0. The monoisotopic (exact) mass is 425 g/mol. The smallest absolute Gasteiger partial charge is 0.104 e. The van der Waals surface area contributed by atoms with Crippen LogP contribution in [0.2, 0.25) is 0 Å². The summed E-state index contributed by atoms with van der Waals surface area (Å²) in [7, 11) is 0. The molecule has 0 aromatic heterocycles. The van der Waals surface area contributed by atoms with E-state index < -0.39 is 0 Å². The van der Waals surface area contributed by atoms with Gasteiger partial charge in [-0.15, -0.1) is 0 Å². The molecule has 2 heteroatoms. The van der Waals surface area contributed by atoms with Gasteiger partial charge in [-0.05, 0) is 25.8 Å². The second-order valence-corrected chi connectivity index (χ2v) is 9.68. The molecule has 0 heterocycles. The summed E-state index contributed by atoms with van der Waals surface area (Å²) in [5.41, 5.74) is 0. The Hall–Kier alpha value is -0.0800. The fourth-order valence-corrected chi connectivity index (χ4v) is 4.34. The lowest BCUT2D eigenvalue weighted by Crippen LogP contribution is -2.29. The molecule has 182 valence electrons. The normalized spacial score (nSPS) is 12.5. The van der Waals surface area contributed by atoms with Gasteiger partial charge in [0.15, 0.2) is 0 Å². The highest BCUT2D eigenvalue weighted by atomic mass is 16.3. The number of rotatable bonds is 26. The van der Waals surface area contributed by atoms with Crippen LogP contribution in [0.25, 0.3) is 0 Å². The predicted octanol–water partition coefficient (Wildman–Crippen LogP) is 9.30. The van der Waals surface area contributed by atoms with Gasteiger partial charge in [0, 0.05) is 0 Å². The van der Waals surface area contributed by atoms with E-state index in [1.807, 2.05) is 0 Å². The van der Waals surface area contributed by atoms with Crippen molar-refractivity contribution in [2.75, 3.05) is 6.54 Å². The minimum Gasteiger partial charge on any atom is -0.379 e. The van der Waals surface area contributed by atoms with Gasteiger partial charge in [-0.1, -0.05) is 149 Å². The van der Waals surface area contributed by atoms with E-state index in [1.54, 1.807) is 0 Å². The van der Waals surface area contributed by atoms with Crippen molar-refractivity contribution in [1.29, 1.82) is 0 Å². The SMILES string of the molecule is CCCCCCCCCCCCCCNC(O)CCCCCCCCCCCCC. The topological polar surface area (TPSA) is 32.3 Å². The average Bonchev–Trinajstić information content (AvgIpc) is 2.75. The largest absolute Gasteiger partial charge is 0.379 e. The van der Waals surface area contributed by atoms with Crippen molar-refractivity contribution in [3.8, 4) is 0 Å². The van der Waals surface area contributed by atoms with Gasteiger partial charge >= 0.3 is 0 Å². The van der Waals surface area contributed by atoms with E-state index >= 15 is 0 Å². The summed E-state index contributed by atoms with van der Waals surface area (Å²) >= 11 is 0. The van der Waals surface area contributed by atoms with Crippen molar-refractivity contribution >= 4 is 0 Å². The molecular weight excluding hydrogens is 366 g/mol. The van der Waals surface area contributed by atoms with Crippen LogP contribution in [0.15, 0.2) is 0 Å². The number of hydrogen-bond donors (Lipinski definition) is 2. The van der Waals surface area contributed by atoms with Crippen LogP contribution >= 0.6 is 0 Å². The molecular formula is C28H59NO. The maximum Gasteiger partial charge on any atom is 0.104 e. The Balaban J connectivity index is 3.12.